The Morgan fingerprint density at radius 2 is 2.19 bits per heavy atom. The van der Waals surface area contributed by atoms with Gasteiger partial charge in [-0.3, -0.25) is 4.79 Å². The Labute approximate surface area is 121 Å². The average molecular weight is 312 g/mol. The zero-order chi connectivity index (χ0) is 15.8. The van der Waals surface area contributed by atoms with Crippen LogP contribution in [0.4, 0.5) is 4.39 Å². The number of rotatable bonds is 3. The molecule has 1 fully saturated rings. The van der Waals surface area contributed by atoms with Gasteiger partial charge in [0.05, 0.1) is 0 Å². The molecule has 1 aliphatic heterocycles. The van der Waals surface area contributed by atoms with Crippen LogP contribution in [0.1, 0.15) is 25.3 Å². The van der Waals surface area contributed by atoms with Crippen LogP contribution in [0.15, 0.2) is 23.1 Å². The Balaban J connectivity index is 2.62. The van der Waals surface area contributed by atoms with E-state index in [4.69, 9.17) is 5.26 Å². The third kappa shape index (κ3) is 2.28. The lowest BCUT2D eigenvalue weighted by Crippen LogP contribution is -2.50. The molecule has 0 unspecified atom stereocenters. The topological polar surface area (TPSA) is 98.5 Å². The number of sulfonamides is 1. The van der Waals surface area contributed by atoms with Crippen LogP contribution in [0, 0.1) is 17.1 Å². The quantitative estimate of drug-likeness (QED) is 0.907. The number of carboxylic acids is 1. The molecule has 21 heavy (non-hydrogen) atoms. The van der Waals surface area contributed by atoms with E-state index in [1.165, 1.54) is 19.1 Å². The fourth-order valence-electron chi connectivity index (χ4n) is 2.48. The molecule has 0 bridgehead atoms. The maximum Gasteiger partial charge on any atom is 0.324 e. The molecule has 1 aromatic rings. The second kappa shape index (κ2) is 5.09. The van der Waals surface area contributed by atoms with Gasteiger partial charge in [-0.05, 0) is 31.9 Å². The Bertz CT molecular complexity index is 741. The summed E-state index contributed by atoms with van der Waals surface area (Å²) in [6.45, 7) is 1.33. The number of carbonyl (C=O) groups is 1. The average Bonchev–Trinajstić information content (AvgIpc) is 2.82. The Kier molecular flexibility index (Phi) is 3.74. The number of nitrogens with zero attached hydrogens (tertiary/aromatic N) is 2. The van der Waals surface area contributed by atoms with Gasteiger partial charge in [0, 0.05) is 6.54 Å². The van der Waals surface area contributed by atoms with E-state index < -0.39 is 37.8 Å². The van der Waals surface area contributed by atoms with E-state index in [1.807, 2.05) is 0 Å². The highest BCUT2D eigenvalue weighted by Gasteiger charge is 2.50. The molecule has 1 aromatic carbocycles. The first-order valence-electron chi connectivity index (χ1n) is 6.20. The number of hydrogen-bond acceptors (Lipinski definition) is 4. The van der Waals surface area contributed by atoms with Crippen molar-refractivity contribution in [3.8, 4) is 6.07 Å². The van der Waals surface area contributed by atoms with Crippen molar-refractivity contribution in [1.82, 2.24) is 4.31 Å². The molecule has 1 saturated heterocycles. The predicted octanol–water partition coefficient (Wildman–Crippen LogP) is 1.33. The van der Waals surface area contributed by atoms with E-state index in [9.17, 15) is 22.7 Å². The molecule has 0 saturated carbocycles. The van der Waals surface area contributed by atoms with Crippen LogP contribution < -0.4 is 0 Å². The molecule has 0 radical (unpaired) electrons. The predicted molar refractivity (Wildman–Crippen MR) is 70.3 cm³/mol. The maximum atomic E-state index is 13.6. The summed E-state index contributed by atoms with van der Waals surface area (Å²) in [7, 11) is -4.27. The van der Waals surface area contributed by atoms with Crippen LogP contribution in [0.25, 0.3) is 0 Å². The minimum Gasteiger partial charge on any atom is -0.480 e. The van der Waals surface area contributed by atoms with Gasteiger partial charge in [0.25, 0.3) is 0 Å². The van der Waals surface area contributed by atoms with Crippen LogP contribution in [0.3, 0.4) is 0 Å². The van der Waals surface area contributed by atoms with Gasteiger partial charge in [0.1, 0.15) is 27.9 Å². The molecule has 112 valence electrons. The van der Waals surface area contributed by atoms with E-state index in [1.54, 1.807) is 0 Å². The van der Waals surface area contributed by atoms with Gasteiger partial charge < -0.3 is 5.11 Å². The van der Waals surface area contributed by atoms with Gasteiger partial charge >= 0.3 is 5.97 Å². The zero-order valence-electron chi connectivity index (χ0n) is 11.2. The third-order valence-corrected chi connectivity index (χ3v) is 5.75. The van der Waals surface area contributed by atoms with Crippen molar-refractivity contribution in [2.75, 3.05) is 6.54 Å². The first kappa shape index (κ1) is 15.4. The summed E-state index contributed by atoms with van der Waals surface area (Å²) in [5, 5.41) is 18.2. The summed E-state index contributed by atoms with van der Waals surface area (Å²) in [5.74, 6) is -2.21. The molecule has 2 rings (SSSR count). The van der Waals surface area contributed by atoms with Crippen molar-refractivity contribution in [1.29, 1.82) is 5.26 Å². The number of aliphatic carboxylic acids is 1. The summed E-state index contributed by atoms with van der Waals surface area (Å²) in [4.78, 5) is 10.9. The monoisotopic (exact) mass is 312 g/mol. The molecule has 0 aliphatic carbocycles. The van der Waals surface area contributed by atoms with Crippen LogP contribution in [0.2, 0.25) is 0 Å². The van der Waals surface area contributed by atoms with E-state index in [-0.39, 0.29) is 13.0 Å². The Morgan fingerprint density at radius 3 is 2.76 bits per heavy atom. The largest absolute Gasteiger partial charge is 0.480 e. The Hall–Kier alpha value is -1.98. The normalized spacial score (nSPS) is 22.9. The highest BCUT2D eigenvalue weighted by Crippen LogP contribution is 2.35. The van der Waals surface area contributed by atoms with E-state index in [0.29, 0.717) is 6.42 Å². The van der Waals surface area contributed by atoms with Crippen LogP contribution >= 0.6 is 0 Å². The van der Waals surface area contributed by atoms with Gasteiger partial charge in [0.15, 0.2) is 0 Å². The van der Waals surface area contributed by atoms with E-state index in [2.05, 4.69) is 0 Å². The molecule has 8 heteroatoms. The smallest absolute Gasteiger partial charge is 0.324 e. The summed E-state index contributed by atoms with van der Waals surface area (Å²) < 4.78 is 39.7. The lowest BCUT2D eigenvalue weighted by molar-refractivity contribution is -0.146. The molecular formula is C13H13FN2O4S. The third-order valence-electron chi connectivity index (χ3n) is 3.69. The molecule has 1 atom stereocenters. The first-order chi connectivity index (χ1) is 9.75. The molecule has 0 amide bonds. The first-order valence-corrected chi connectivity index (χ1v) is 7.64. The van der Waals surface area contributed by atoms with Crippen molar-refractivity contribution in [3.05, 3.63) is 29.6 Å². The molecular weight excluding hydrogens is 299 g/mol. The van der Waals surface area contributed by atoms with Gasteiger partial charge in [-0.1, -0.05) is 6.07 Å². The molecule has 0 spiro atoms. The number of carboxylic acid groups (broad SMARTS) is 1. The van der Waals surface area contributed by atoms with Gasteiger partial charge in [-0.25, -0.2) is 12.8 Å². The fraction of sp³-hybridized carbons (Fsp3) is 0.385. The van der Waals surface area contributed by atoms with Crippen LogP contribution in [-0.2, 0) is 14.8 Å². The molecule has 0 aromatic heterocycles. The SMILES string of the molecule is C[C@]1(C(=O)O)CCCN1S(=O)(=O)c1cccc(F)c1C#N. The second-order valence-electron chi connectivity index (χ2n) is 4.98. The van der Waals surface area contributed by atoms with E-state index in [0.717, 1.165) is 16.4 Å². The zero-order valence-corrected chi connectivity index (χ0v) is 12.0. The van der Waals surface area contributed by atoms with Crippen molar-refractivity contribution in [2.45, 2.75) is 30.2 Å². The molecule has 6 nitrogen and oxygen atoms in total. The highest BCUT2D eigenvalue weighted by atomic mass is 32.2. The van der Waals surface area contributed by atoms with E-state index >= 15 is 0 Å². The van der Waals surface area contributed by atoms with Crippen LogP contribution in [0.5, 0.6) is 0 Å². The number of nitriles is 1. The minimum absolute atomic E-state index is 0.0204. The number of hydrogen-bond donors (Lipinski definition) is 1. The summed E-state index contributed by atoms with van der Waals surface area (Å²) in [6.07, 6.45) is 0.554. The lowest BCUT2D eigenvalue weighted by Gasteiger charge is -2.30. The molecule has 1 N–H and O–H groups in total. The fourth-order valence-corrected chi connectivity index (χ4v) is 4.44. The van der Waals surface area contributed by atoms with Crippen molar-refractivity contribution < 1.29 is 22.7 Å². The van der Waals surface area contributed by atoms with Crippen molar-refractivity contribution in [3.63, 3.8) is 0 Å². The maximum absolute atomic E-state index is 13.6. The highest BCUT2D eigenvalue weighted by molar-refractivity contribution is 7.89. The lowest BCUT2D eigenvalue weighted by atomic mass is 10.0. The number of halogens is 1. The van der Waals surface area contributed by atoms with Crippen LogP contribution in [-0.4, -0.2) is 35.9 Å². The van der Waals surface area contributed by atoms with Gasteiger partial charge in [-0.2, -0.15) is 9.57 Å². The standard InChI is InChI=1S/C13H13FN2O4S/c1-13(12(17)18)6-3-7-16(13)21(19,20)11-5-2-4-10(14)9(11)8-15/h2,4-5H,3,6-7H2,1H3,(H,17,18)/t13-/m1/s1. The summed E-state index contributed by atoms with van der Waals surface area (Å²) in [6, 6.07) is 4.79. The summed E-state index contributed by atoms with van der Waals surface area (Å²) >= 11 is 0. The van der Waals surface area contributed by atoms with Gasteiger partial charge in [0.2, 0.25) is 10.0 Å². The van der Waals surface area contributed by atoms with Crippen molar-refractivity contribution >= 4 is 16.0 Å². The summed E-state index contributed by atoms with van der Waals surface area (Å²) in [5.41, 5.74) is -2.19. The van der Waals surface area contributed by atoms with Gasteiger partial charge in [-0.15, -0.1) is 0 Å². The molecule has 1 heterocycles. The molecule has 1 aliphatic rings. The minimum atomic E-state index is -4.27. The second-order valence-corrected chi connectivity index (χ2v) is 6.82. The van der Waals surface area contributed by atoms with Crippen molar-refractivity contribution in [2.24, 2.45) is 0 Å². The number of benzene rings is 1. The Morgan fingerprint density at radius 1 is 1.52 bits per heavy atom.